The van der Waals surface area contributed by atoms with Crippen LogP contribution in [0, 0.1) is 0 Å². The molecule has 0 aliphatic carbocycles. The van der Waals surface area contributed by atoms with Gasteiger partial charge in [-0.25, -0.2) is 4.98 Å². The number of aromatic amines is 1. The highest BCUT2D eigenvalue weighted by atomic mass is 16.2. The van der Waals surface area contributed by atoms with Crippen molar-refractivity contribution >= 4 is 11.9 Å². The van der Waals surface area contributed by atoms with Gasteiger partial charge in [-0.05, 0) is 17.3 Å². The van der Waals surface area contributed by atoms with Crippen molar-refractivity contribution in [1.82, 2.24) is 25.6 Å². The largest absolute Gasteiger partial charge is 0.286 e. The van der Waals surface area contributed by atoms with Gasteiger partial charge < -0.3 is 0 Å². The molecule has 0 aliphatic heterocycles. The van der Waals surface area contributed by atoms with Gasteiger partial charge in [-0.1, -0.05) is 41.5 Å². The maximum atomic E-state index is 12.0. The first-order valence-corrected chi connectivity index (χ1v) is 5.90. The zero-order valence-corrected chi connectivity index (χ0v) is 10.3. The van der Waals surface area contributed by atoms with Crippen molar-refractivity contribution < 1.29 is 4.79 Å². The Labute approximate surface area is 114 Å². The summed E-state index contributed by atoms with van der Waals surface area (Å²) in [5.41, 5.74) is 1.96. The molecular formula is C13H10N6O. The number of anilines is 1. The maximum absolute atomic E-state index is 12.0. The number of hydrogen-bond acceptors (Lipinski definition) is 5. The molecule has 0 saturated carbocycles. The topological polar surface area (TPSA) is 96.5 Å². The Kier molecular flexibility index (Phi) is 3.15. The molecule has 0 bridgehead atoms. The van der Waals surface area contributed by atoms with E-state index in [1.54, 1.807) is 12.1 Å². The number of tetrazole rings is 1. The van der Waals surface area contributed by atoms with E-state index in [1.165, 1.54) is 0 Å². The van der Waals surface area contributed by atoms with Gasteiger partial charge in [0, 0.05) is 5.56 Å². The molecule has 0 atom stereocenters. The van der Waals surface area contributed by atoms with Gasteiger partial charge in [-0.3, -0.25) is 10.1 Å². The average molecular weight is 266 g/mol. The molecule has 7 nitrogen and oxygen atoms in total. The normalized spacial score (nSPS) is 10.2. The van der Waals surface area contributed by atoms with Crippen LogP contribution in [0.4, 0.5) is 5.95 Å². The Morgan fingerprint density at radius 1 is 1.05 bits per heavy atom. The number of pyridine rings is 1. The molecule has 0 aliphatic rings. The van der Waals surface area contributed by atoms with Crippen LogP contribution in [0.5, 0.6) is 0 Å². The van der Waals surface area contributed by atoms with Crippen molar-refractivity contribution in [3.05, 3.63) is 54.2 Å². The molecule has 1 amide bonds. The molecule has 0 radical (unpaired) electrons. The van der Waals surface area contributed by atoms with E-state index in [9.17, 15) is 4.79 Å². The third-order valence-corrected chi connectivity index (χ3v) is 2.62. The molecule has 3 aromatic rings. The van der Waals surface area contributed by atoms with Gasteiger partial charge in [0.2, 0.25) is 0 Å². The van der Waals surface area contributed by atoms with Crippen LogP contribution in [0.1, 0.15) is 10.5 Å². The highest BCUT2D eigenvalue weighted by Gasteiger charge is 2.11. The summed E-state index contributed by atoms with van der Waals surface area (Å²) in [7, 11) is 0. The predicted octanol–water partition coefficient (Wildman–Crippen LogP) is 1.51. The van der Waals surface area contributed by atoms with Crippen LogP contribution in [-0.4, -0.2) is 31.5 Å². The lowest BCUT2D eigenvalue weighted by Crippen LogP contribution is -2.14. The zero-order chi connectivity index (χ0) is 13.8. The Bertz CT molecular complexity index is 711. The Hall–Kier alpha value is -3.09. The lowest BCUT2D eigenvalue weighted by atomic mass is 10.1. The van der Waals surface area contributed by atoms with E-state index in [-0.39, 0.29) is 17.5 Å². The van der Waals surface area contributed by atoms with E-state index in [0.717, 1.165) is 11.3 Å². The number of rotatable bonds is 3. The molecule has 20 heavy (non-hydrogen) atoms. The number of hydrogen-bond donors (Lipinski definition) is 2. The second kappa shape index (κ2) is 5.27. The van der Waals surface area contributed by atoms with E-state index >= 15 is 0 Å². The van der Waals surface area contributed by atoms with Gasteiger partial charge in [-0.2, -0.15) is 5.21 Å². The van der Waals surface area contributed by atoms with Crippen LogP contribution in [0.25, 0.3) is 11.3 Å². The number of H-pyrrole nitrogens is 1. The highest BCUT2D eigenvalue weighted by molar-refractivity contribution is 6.02. The first-order chi connectivity index (χ1) is 9.83. The summed E-state index contributed by atoms with van der Waals surface area (Å²) in [6.45, 7) is 0. The van der Waals surface area contributed by atoms with Gasteiger partial charge in [0.25, 0.3) is 11.9 Å². The summed E-state index contributed by atoms with van der Waals surface area (Å²) < 4.78 is 0. The molecule has 2 N–H and O–H groups in total. The molecule has 7 heteroatoms. The fraction of sp³-hybridized carbons (Fsp3) is 0. The molecule has 0 spiro atoms. The second-order valence-electron chi connectivity index (χ2n) is 3.96. The van der Waals surface area contributed by atoms with Crippen LogP contribution in [0.3, 0.4) is 0 Å². The average Bonchev–Trinajstić information content (AvgIpc) is 3.01. The smallest absolute Gasteiger partial charge is 0.276 e. The van der Waals surface area contributed by atoms with Crippen LogP contribution in [0.15, 0.2) is 48.5 Å². The Morgan fingerprint density at radius 3 is 2.65 bits per heavy atom. The standard InChI is InChI=1S/C13H10N6O/c20-12(15-13-16-18-19-17-13)11-8-4-7-10(14-11)9-5-2-1-3-6-9/h1-8H,(H2,15,16,17,18,19,20). The quantitative estimate of drug-likeness (QED) is 0.749. The minimum absolute atomic E-state index is 0.113. The summed E-state index contributed by atoms with van der Waals surface area (Å²) in [4.78, 5) is 16.3. The molecule has 0 fully saturated rings. The van der Waals surface area contributed by atoms with Crippen LogP contribution >= 0.6 is 0 Å². The third kappa shape index (κ3) is 2.51. The lowest BCUT2D eigenvalue weighted by molar-refractivity contribution is 0.102. The van der Waals surface area contributed by atoms with Crippen molar-refractivity contribution in [2.75, 3.05) is 5.32 Å². The van der Waals surface area contributed by atoms with Gasteiger partial charge in [0.15, 0.2) is 0 Å². The van der Waals surface area contributed by atoms with Gasteiger partial charge in [0.1, 0.15) is 5.69 Å². The van der Waals surface area contributed by atoms with Crippen molar-refractivity contribution in [3.63, 3.8) is 0 Å². The maximum Gasteiger partial charge on any atom is 0.276 e. The minimum atomic E-state index is -0.385. The van der Waals surface area contributed by atoms with E-state index < -0.39 is 0 Å². The number of aromatic nitrogens is 5. The van der Waals surface area contributed by atoms with Crippen LogP contribution in [-0.2, 0) is 0 Å². The van der Waals surface area contributed by atoms with E-state index in [4.69, 9.17) is 0 Å². The summed E-state index contributed by atoms with van der Waals surface area (Å²) in [6.07, 6.45) is 0. The van der Waals surface area contributed by atoms with Crippen LogP contribution in [0.2, 0.25) is 0 Å². The monoisotopic (exact) mass is 266 g/mol. The van der Waals surface area contributed by atoms with E-state index in [0.29, 0.717) is 0 Å². The summed E-state index contributed by atoms with van der Waals surface area (Å²) in [6, 6.07) is 14.9. The molecule has 2 aromatic heterocycles. The minimum Gasteiger partial charge on any atom is -0.286 e. The molecular weight excluding hydrogens is 256 g/mol. The number of carbonyl (C=O) groups is 1. The SMILES string of the molecule is O=C(Nc1nn[nH]n1)c1cccc(-c2ccccc2)n1. The van der Waals surface area contributed by atoms with Crippen molar-refractivity contribution in [1.29, 1.82) is 0 Å². The second-order valence-corrected chi connectivity index (χ2v) is 3.96. The van der Waals surface area contributed by atoms with Crippen molar-refractivity contribution in [2.45, 2.75) is 0 Å². The van der Waals surface area contributed by atoms with E-state index in [2.05, 4.69) is 30.9 Å². The van der Waals surface area contributed by atoms with Crippen molar-refractivity contribution in [3.8, 4) is 11.3 Å². The number of amides is 1. The first kappa shape index (κ1) is 12.0. The summed E-state index contributed by atoms with van der Waals surface area (Å²) >= 11 is 0. The summed E-state index contributed by atoms with van der Waals surface area (Å²) in [5, 5.41) is 15.4. The van der Waals surface area contributed by atoms with Crippen molar-refractivity contribution in [2.24, 2.45) is 0 Å². The number of nitrogens with one attached hydrogen (secondary N) is 2. The Balaban J connectivity index is 1.86. The van der Waals surface area contributed by atoms with Gasteiger partial charge in [0.05, 0.1) is 5.69 Å². The molecule has 0 unspecified atom stereocenters. The molecule has 1 aromatic carbocycles. The predicted molar refractivity (Wildman–Crippen MR) is 71.8 cm³/mol. The fourth-order valence-corrected chi connectivity index (χ4v) is 1.71. The lowest BCUT2D eigenvalue weighted by Gasteiger charge is -2.04. The number of nitrogens with zero attached hydrogens (tertiary/aromatic N) is 4. The van der Waals surface area contributed by atoms with Gasteiger partial charge >= 0.3 is 0 Å². The summed E-state index contributed by atoms with van der Waals surface area (Å²) in [5.74, 6) is -0.272. The first-order valence-electron chi connectivity index (χ1n) is 5.90. The number of carbonyl (C=O) groups excluding carboxylic acids is 1. The molecule has 98 valence electrons. The molecule has 3 rings (SSSR count). The third-order valence-electron chi connectivity index (χ3n) is 2.62. The van der Waals surface area contributed by atoms with E-state index in [1.807, 2.05) is 36.4 Å². The molecule has 2 heterocycles. The molecule has 0 saturated heterocycles. The zero-order valence-electron chi connectivity index (χ0n) is 10.3. The Morgan fingerprint density at radius 2 is 1.90 bits per heavy atom. The fourth-order valence-electron chi connectivity index (χ4n) is 1.71. The highest BCUT2D eigenvalue weighted by Crippen LogP contribution is 2.16. The van der Waals surface area contributed by atoms with Gasteiger partial charge in [-0.15, -0.1) is 5.10 Å². The van der Waals surface area contributed by atoms with Crippen LogP contribution < -0.4 is 5.32 Å². The number of benzene rings is 1.